The Balaban J connectivity index is 1.64. The number of aryl methyl sites for hydroxylation is 2. The minimum Gasteiger partial charge on any atom is -0.491 e. The Kier molecular flexibility index (Phi) is 7.19. The number of benzene rings is 2. The molecule has 0 aliphatic rings. The molecule has 128 valence electrons. The molecule has 0 fully saturated rings. The van der Waals surface area contributed by atoms with E-state index in [1.165, 1.54) is 16.0 Å². The van der Waals surface area contributed by atoms with Crippen molar-refractivity contribution in [2.45, 2.75) is 38.1 Å². The zero-order valence-electron chi connectivity index (χ0n) is 14.5. The molecule has 1 amide bonds. The van der Waals surface area contributed by atoms with E-state index in [0.717, 1.165) is 11.5 Å². The van der Waals surface area contributed by atoms with Crippen LogP contribution in [0.15, 0.2) is 53.4 Å². The van der Waals surface area contributed by atoms with Gasteiger partial charge in [0.15, 0.2) is 0 Å². The average Bonchev–Trinajstić information content (AvgIpc) is 2.56. The summed E-state index contributed by atoms with van der Waals surface area (Å²) in [4.78, 5) is 13.2. The largest absolute Gasteiger partial charge is 0.491 e. The molecule has 0 aliphatic carbocycles. The molecule has 0 aliphatic heterocycles. The number of carbonyl (C=O) groups is 1. The first-order valence-electron chi connectivity index (χ1n) is 8.21. The first-order chi connectivity index (χ1) is 11.5. The highest BCUT2D eigenvalue weighted by atomic mass is 32.2. The van der Waals surface area contributed by atoms with Crippen LogP contribution in [0.2, 0.25) is 0 Å². The lowest BCUT2D eigenvalue weighted by molar-refractivity contribution is -0.121. The minimum atomic E-state index is -0.0109. The second kappa shape index (κ2) is 9.38. The predicted octanol–water partition coefficient (Wildman–Crippen LogP) is 4.37. The fraction of sp³-hybridized carbons (Fsp3) is 0.350. The SMILES string of the molecule is Cc1ccc(OC[C@@H](C)NC(=O)CCSc2ccc(C)cc2)cc1. The maximum Gasteiger partial charge on any atom is 0.221 e. The minimum absolute atomic E-state index is 0.0109. The molecule has 1 atom stereocenters. The van der Waals surface area contributed by atoms with Crippen molar-refractivity contribution in [3.05, 3.63) is 59.7 Å². The number of rotatable bonds is 8. The van der Waals surface area contributed by atoms with Gasteiger partial charge in [-0.05, 0) is 45.0 Å². The Hall–Kier alpha value is -1.94. The number of carbonyl (C=O) groups excluding carboxylic acids is 1. The van der Waals surface area contributed by atoms with Crippen LogP contribution in [0, 0.1) is 13.8 Å². The summed E-state index contributed by atoms with van der Waals surface area (Å²) in [5.74, 6) is 1.67. The van der Waals surface area contributed by atoms with Crippen molar-refractivity contribution in [3.8, 4) is 5.75 Å². The fourth-order valence-electron chi connectivity index (χ4n) is 2.14. The van der Waals surface area contributed by atoms with Gasteiger partial charge in [-0.3, -0.25) is 4.79 Å². The van der Waals surface area contributed by atoms with Crippen molar-refractivity contribution >= 4 is 17.7 Å². The third kappa shape index (κ3) is 6.67. The van der Waals surface area contributed by atoms with E-state index in [0.29, 0.717) is 13.0 Å². The van der Waals surface area contributed by atoms with Gasteiger partial charge < -0.3 is 10.1 Å². The van der Waals surface area contributed by atoms with E-state index in [1.54, 1.807) is 11.8 Å². The average molecular weight is 343 g/mol. The Morgan fingerprint density at radius 3 is 2.25 bits per heavy atom. The van der Waals surface area contributed by atoms with Gasteiger partial charge in [-0.1, -0.05) is 35.4 Å². The summed E-state index contributed by atoms with van der Waals surface area (Å²) in [5, 5.41) is 2.98. The smallest absolute Gasteiger partial charge is 0.221 e. The van der Waals surface area contributed by atoms with E-state index in [-0.39, 0.29) is 11.9 Å². The maximum atomic E-state index is 12.0. The molecule has 0 saturated carbocycles. The molecule has 2 aromatic carbocycles. The van der Waals surface area contributed by atoms with Gasteiger partial charge in [0.1, 0.15) is 12.4 Å². The lowest BCUT2D eigenvalue weighted by Crippen LogP contribution is -2.36. The van der Waals surface area contributed by atoms with E-state index >= 15 is 0 Å². The van der Waals surface area contributed by atoms with Crippen LogP contribution in [-0.2, 0) is 4.79 Å². The molecule has 0 radical (unpaired) electrons. The third-order valence-corrected chi connectivity index (χ3v) is 4.56. The van der Waals surface area contributed by atoms with E-state index in [1.807, 2.05) is 38.1 Å². The Morgan fingerprint density at radius 2 is 1.62 bits per heavy atom. The van der Waals surface area contributed by atoms with Gasteiger partial charge in [0.05, 0.1) is 6.04 Å². The molecular formula is C20H25NO2S. The zero-order chi connectivity index (χ0) is 17.4. The number of amides is 1. The number of hydrogen-bond acceptors (Lipinski definition) is 3. The molecule has 0 heterocycles. The molecule has 0 saturated heterocycles. The highest BCUT2D eigenvalue weighted by molar-refractivity contribution is 7.99. The molecule has 0 spiro atoms. The molecular weight excluding hydrogens is 318 g/mol. The van der Waals surface area contributed by atoms with Crippen molar-refractivity contribution < 1.29 is 9.53 Å². The van der Waals surface area contributed by atoms with Crippen LogP contribution in [0.25, 0.3) is 0 Å². The van der Waals surface area contributed by atoms with Gasteiger partial charge in [-0.2, -0.15) is 0 Å². The van der Waals surface area contributed by atoms with Gasteiger partial charge in [0, 0.05) is 17.1 Å². The Bertz CT molecular complexity index is 638. The molecule has 0 unspecified atom stereocenters. The molecule has 0 bridgehead atoms. The van der Waals surface area contributed by atoms with Gasteiger partial charge >= 0.3 is 0 Å². The van der Waals surface area contributed by atoms with Crippen LogP contribution < -0.4 is 10.1 Å². The summed E-state index contributed by atoms with van der Waals surface area (Å²) in [7, 11) is 0. The number of hydrogen-bond donors (Lipinski definition) is 1. The van der Waals surface area contributed by atoms with Crippen molar-refractivity contribution in [2.75, 3.05) is 12.4 Å². The fourth-order valence-corrected chi connectivity index (χ4v) is 2.99. The second-order valence-corrected chi connectivity index (χ2v) is 7.17. The van der Waals surface area contributed by atoms with Crippen molar-refractivity contribution in [2.24, 2.45) is 0 Å². The van der Waals surface area contributed by atoms with Crippen LogP contribution in [0.5, 0.6) is 5.75 Å². The van der Waals surface area contributed by atoms with Crippen molar-refractivity contribution in [1.29, 1.82) is 0 Å². The van der Waals surface area contributed by atoms with E-state index in [9.17, 15) is 4.79 Å². The standard InChI is InChI=1S/C20H25NO2S/c1-15-4-8-18(9-5-15)23-14-17(3)21-20(22)12-13-24-19-10-6-16(2)7-11-19/h4-11,17H,12-14H2,1-3H3,(H,21,22)/t17-/m1/s1. The first-order valence-corrected chi connectivity index (χ1v) is 9.20. The quantitative estimate of drug-likeness (QED) is 0.723. The van der Waals surface area contributed by atoms with Crippen molar-refractivity contribution in [3.63, 3.8) is 0 Å². The highest BCUT2D eigenvalue weighted by Crippen LogP contribution is 2.19. The summed E-state index contributed by atoms with van der Waals surface area (Å²) >= 11 is 1.70. The molecule has 2 aromatic rings. The molecule has 24 heavy (non-hydrogen) atoms. The maximum absolute atomic E-state index is 12.0. The van der Waals surface area contributed by atoms with E-state index < -0.39 is 0 Å². The summed E-state index contributed by atoms with van der Waals surface area (Å²) in [5.41, 5.74) is 2.45. The highest BCUT2D eigenvalue weighted by Gasteiger charge is 2.08. The van der Waals surface area contributed by atoms with Crippen LogP contribution in [0.3, 0.4) is 0 Å². The summed E-state index contributed by atoms with van der Waals surface area (Å²) in [6.45, 7) is 6.54. The van der Waals surface area contributed by atoms with Crippen LogP contribution in [0.1, 0.15) is 24.5 Å². The number of thioether (sulfide) groups is 1. The normalized spacial score (nSPS) is 11.8. The van der Waals surface area contributed by atoms with Crippen molar-refractivity contribution in [1.82, 2.24) is 5.32 Å². The molecule has 0 aromatic heterocycles. The van der Waals surface area contributed by atoms with Gasteiger partial charge in [0.25, 0.3) is 0 Å². The molecule has 2 rings (SSSR count). The lowest BCUT2D eigenvalue weighted by atomic mass is 10.2. The zero-order valence-corrected chi connectivity index (χ0v) is 15.4. The van der Waals surface area contributed by atoms with Gasteiger partial charge in [0.2, 0.25) is 5.91 Å². The number of ether oxygens (including phenoxy) is 1. The van der Waals surface area contributed by atoms with Gasteiger partial charge in [-0.15, -0.1) is 11.8 Å². The predicted molar refractivity (Wildman–Crippen MR) is 101 cm³/mol. The molecule has 3 nitrogen and oxygen atoms in total. The summed E-state index contributed by atoms with van der Waals surface area (Å²) < 4.78 is 5.69. The lowest BCUT2D eigenvalue weighted by Gasteiger charge is -2.15. The Morgan fingerprint density at radius 1 is 1.04 bits per heavy atom. The first kappa shape index (κ1) is 18.4. The summed E-state index contributed by atoms with van der Waals surface area (Å²) in [6, 6.07) is 16.3. The Labute approximate surface area is 148 Å². The third-order valence-electron chi connectivity index (χ3n) is 3.55. The van der Waals surface area contributed by atoms with Crippen LogP contribution in [0.4, 0.5) is 0 Å². The van der Waals surface area contributed by atoms with E-state index in [4.69, 9.17) is 4.74 Å². The second-order valence-electron chi connectivity index (χ2n) is 6.00. The topological polar surface area (TPSA) is 38.3 Å². The monoisotopic (exact) mass is 343 g/mol. The van der Waals surface area contributed by atoms with Crippen LogP contribution in [-0.4, -0.2) is 24.3 Å². The number of nitrogens with one attached hydrogen (secondary N) is 1. The summed E-state index contributed by atoms with van der Waals surface area (Å²) in [6.07, 6.45) is 0.507. The van der Waals surface area contributed by atoms with E-state index in [2.05, 4.69) is 36.5 Å². The molecule has 1 N–H and O–H groups in total. The van der Waals surface area contributed by atoms with Crippen LogP contribution >= 0.6 is 11.8 Å². The molecule has 4 heteroatoms. The van der Waals surface area contributed by atoms with Gasteiger partial charge in [-0.25, -0.2) is 0 Å².